The number of benzene rings is 1. The van der Waals surface area contributed by atoms with Crippen LogP contribution in [0.25, 0.3) is 0 Å². The van der Waals surface area contributed by atoms with Gasteiger partial charge >= 0.3 is 0 Å². The maximum atomic E-state index is 6.32. The van der Waals surface area contributed by atoms with E-state index in [0.29, 0.717) is 16.1 Å². The number of nitrogens with one attached hydrogen (secondary N) is 1. The first-order chi connectivity index (χ1) is 9.51. The standard InChI is InChI=1S/C16H24Cl2N2/c1-4-16(5-2)11-20(12(3)9-19-16)10-13-7-6-8-14(17)15(13)18/h6-8,12,19H,4-5,9-11H2,1-3H3. The molecule has 0 aromatic heterocycles. The van der Waals surface area contributed by atoms with Crippen LogP contribution in [0, 0.1) is 0 Å². The van der Waals surface area contributed by atoms with Crippen LogP contribution in [0.3, 0.4) is 0 Å². The second-order valence-electron chi connectivity index (χ2n) is 5.84. The van der Waals surface area contributed by atoms with Gasteiger partial charge in [0.2, 0.25) is 0 Å². The van der Waals surface area contributed by atoms with Gasteiger partial charge in [-0.2, -0.15) is 0 Å². The molecule has 1 N–H and O–H groups in total. The van der Waals surface area contributed by atoms with E-state index in [2.05, 4.69) is 37.1 Å². The molecule has 2 rings (SSSR count). The minimum absolute atomic E-state index is 0.234. The molecular weight excluding hydrogens is 291 g/mol. The van der Waals surface area contributed by atoms with Gasteiger partial charge in [-0.3, -0.25) is 4.90 Å². The van der Waals surface area contributed by atoms with E-state index in [1.54, 1.807) is 0 Å². The first-order valence-electron chi connectivity index (χ1n) is 7.43. The van der Waals surface area contributed by atoms with Gasteiger partial charge in [0.25, 0.3) is 0 Å². The van der Waals surface area contributed by atoms with E-state index in [0.717, 1.165) is 38.0 Å². The van der Waals surface area contributed by atoms with Crippen molar-refractivity contribution in [2.75, 3.05) is 13.1 Å². The molecule has 1 aliphatic rings. The summed E-state index contributed by atoms with van der Waals surface area (Å²) < 4.78 is 0. The lowest BCUT2D eigenvalue weighted by Gasteiger charge is -2.46. The van der Waals surface area contributed by atoms with Gasteiger partial charge in [-0.05, 0) is 31.4 Å². The molecule has 0 amide bonds. The zero-order valence-electron chi connectivity index (χ0n) is 12.5. The van der Waals surface area contributed by atoms with Crippen molar-refractivity contribution in [2.45, 2.75) is 51.7 Å². The summed E-state index contributed by atoms with van der Waals surface area (Å²) in [5, 5.41) is 5.06. The Balaban J connectivity index is 2.16. The predicted octanol–water partition coefficient (Wildman–Crippen LogP) is 4.35. The minimum Gasteiger partial charge on any atom is -0.308 e. The summed E-state index contributed by atoms with van der Waals surface area (Å²) in [5.41, 5.74) is 1.35. The lowest BCUT2D eigenvalue weighted by molar-refractivity contribution is 0.0746. The fourth-order valence-corrected chi connectivity index (χ4v) is 3.30. The first kappa shape index (κ1) is 16.1. The Bertz CT molecular complexity index is 458. The molecule has 1 aromatic rings. The van der Waals surface area contributed by atoms with Crippen molar-refractivity contribution in [3.05, 3.63) is 33.8 Å². The molecule has 20 heavy (non-hydrogen) atoms. The maximum Gasteiger partial charge on any atom is 0.0637 e. The van der Waals surface area contributed by atoms with E-state index in [-0.39, 0.29) is 5.54 Å². The van der Waals surface area contributed by atoms with Crippen molar-refractivity contribution in [1.82, 2.24) is 10.2 Å². The fourth-order valence-electron chi connectivity index (χ4n) is 2.92. The molecular formula is C16H24Cl2N2. The molecule has 1 saturated heterocycles. The van der Waals surface area contributed by atoms with E-state index in [4.69, 9.17) is 23.2 Å². The maximum absolute atomic E-state index is 6.32. The molecule has 1 heterocycles. The van der Waals surface area contributed by atoms with Crippen molar-refractivity contribution in [3.8, 4) is 0 Å². The number of halogens is 2. The summed E-state index contributed by atoms with van der Waals surface area (Å²) in [5.74, 6) is 0. The second kappa shape index (κ2) is 6.65. The molecule has 2 nitrogen and oxygen atoms in total. The Morgan fingerprint density at radius 1 is 1.30 bits per heavy atom. The molecule has 1 aliphatic heterocycles. The Morgan fingerprint density at radius 3 is 2.65 bits per heavy atom. The number of hydrogen-bond acceptors (Lipinski definition) is 2. The van der Waals surface area contributed by atoms with E-state index in [1.807, 2.05) is 12.1 Å². The van der Waals surface area contributed by atoms with Crippen molar-refractivity contribution >= 4 is 23.2 Å². The van der Waals surface area contributed by atoms with Gasteiger partial charge in [-0.1, -0.05) is 49.2 Å². The Labute approximate surface area is 132 Å². The summed E-state index contributed by atoms with van der Waals surface area (Å²) >= 11 is 12.4. The van der Waals surface area contributed by atoms with Crippen molar-refractivity contribution < 1.29 is 0 Å². The van der Waals surface area contributed by atoms with E-state index in [1.165, 1.54) is 0 Å². The highest BCUT2D eigenvalue weighted by atomic mass is 35.5. The minimum atomic E-state index is 0.234. The Kier molecular flexibility index (Phi) is 5.36. The lowest BCUT2D eigenvalue weighted by Crippen LogP contribution is -2.62. The van der Waals surface area contributed by atoms with Gasteiger partial charge in [0.05, 0.1) is 10.0 Å². The third kappa shape index (κ3) is 3.30. The van der Waals surface area contributed by atoms with Crippen molar-refractivity contribution in [1.29, 1.82) is 0 Å². The SMILES string of the molecule is CCC1(CC)CN(Cc2cccc(Cl)c2Cl)C(C)CN1. The third-order valence-corrected chi connectivity index (χ3v) is 5.52. The quantitative estimate of drug-likeness (QED) is 0.889. The van der Waals surface area contributed by atoms with Crippen LogP contribution in [0.2, 0.25) is 10.0 Å². The molecule has 112 valence electrons. The zero-order chi connectivity index (χ0) is 14.8. The molecule has 0 radical (unpaired) electrons. The molecule has 1 fully saturated rings. The normalized spacial score (nSPS) is 22.9. The van der Waals surface area contributed by atoms with Gasteiger partial charge in [0.1, 0.15) is 0 Å². The number of rotatable bonds is 4. The van der Waals surface area contributed by atoms with E-state index < -0.39 is 0 Å². The predicted molar refractivity (Wildman–Crippen MR) is 87.6 cm³/mol. The zero-order valence-corrected chi connectivity index (χ0v) is 14.1. The van der Waals surface area contributed by atoms with Crippen LogP contribution in [0.4, 0.5) is 0 Å². The van der Waals surface area contributed by atoms with Gasteiger partial charge < -0.3 is 5.32 Å². The molecule has 4 heteroatoms. The smallest absolute Gasteiger partial charge is 0.0637 e. The van der Waals surface area contributed by atoms with Crippen molar-refractivity contribution in [2.24, 2.45) is 0 Å². The number of nitrogens with zero attached hydrogens (tertiary/aromatic N) is 1. The summed E-state index contributed by atoms with van der Waals surface area (Å²) in [7, 11) is 0. The summed E-state index contributed by atoms with van der Waals surface area (Å²) in [6.07, 6.45) is 2.30. The number of hydrogen-bond donors (Lipinski definition) is 1. The molecule has 0 spiro atoms. The average Bonchev–Trinajstić information content (AvgIpc) is 2.46. The highest BCUT2D eigenvalue weighted by Crippen LogP contribution is 2.29. The highest BCUT2D eigenvalue weighted by molar-refractivity contribution is 6.42. The van der Waals surface area contributed by atoms with Gasteiger partial charge in [-0.25, -0.2) is 0 Å². The molecule has 1 aromatic carbocycles. The second-order valence-corrected chi connectivity index (χ2v) is 6.62. The molecule has 1 atom stereocenters. The fraction of sp³-hybridized carbons (Fsp3) is 0.625. The van der Waals surface area contributed by atoms with Crippen LogP contribution in [-0.4, -0.2) is 29.6 Å². The van der Waals surface area contributed by atoms with Crippen LogP contribution in [-0.2, 0) is 6.54 Å². The molecule has 1 unspecified atom stereocenters. The summed E-state index contributed by atoms with van der Waals surface area (Å²) in [6.45, 7) is 9.74. The topological polar surface area (TPSA) is 15.3 Å². The van der Waals surface area contributed by atoms with Gasteiger partial charge in [-0.15, -0.1) is 0 Å². The van der Waals surface area contributed by atoms with Crippen LogP contribution >= 0.6 is 23.2 Å². The number of piperazine rings is 1. The molecule has 0 bridgehead atoms. The molecule has 0 saturated carbocycles. The largest absolute Gasteiger partial charge is 0.308 e. The Hall–Kier alpha value is -0.280. The highest BCUT2D eigenvalue weighted by Gasteiger charge is 2.35. The van der Waals surface area contributed by atoms with Crippen LogP contribution < -0.4 is 5.32 Å². The summed E-state index contributed by atoms with van der Waals surface area (Å²) in [4.78, 5) is 2.51. The van der Waals surface area contributed by atoms with E-state index in [9.17, 15) is 0 Å². The van der Waals surface area contributed by atoms with Crippen LogP contribution in [0.15, 0.2) is 18.2 Å². The van der Waals surface area contributed by atoms with Gasteiger partial charge in [0.15, 0.2) is 0 Å². The monoisotopic (exact) mass is 314 g/mol. The third-order valence-electron chi connectivity index (χ3n) is 4.66. The van der Waals surface area contributed by atoms with Crippen molar-refractivity contribution in [3.63, 3.8) is 0 Å². The first-order valence-corrected chi connectivity index (χ1v) is 8.19. The lowest BCUT2D eigenvalue weighted by atomic mass is 9.88. The van der Waals surface area contributed by atoms with Crippen LogP contribution in [0.5, 0.6) is 0 Å². The van der Waals surface area contributed by atoms with Gasteiger partial charge in [0, 0.05) is 31.2 Å². The van der Waals surface area contributed by atoms with Crippen LogP contribution in [0.1, 0.15) is 39.2 Å². The summed E-state index contributed by atoms with van der Waals surface area (Å²) in [6, 6.07) is 6.40. The average molecular weight is 315 g/mol. The van der Waals surface area contributed by atoms with E-state index >= 15 is 0 Å². The Morgan fingerprint density at radius 2 is 2.00 bits per heavy atom. The molecule has 0 aliphatic carbocycles.